The Kier molecular flexibility index (Phi) is 5.38. The minimum absolute atomic E-state index is 0.0864. The average molecular weight is 421 g/mol. The number of halogens is 3. The van der Waals surface area contributed by atoms with Gasteiger partial charge in [-0.05, 0) is 12.1 Å². The largest absolute Gasteiger partial charge is 0.493 e. The summed E-state index contributed by atoms with van der Waals surface area (Å²) < 4.78 is 54.6. The molecule has 2 heterocycles. The number of carbonyl (C=O) groups is 1. The van der Waals surface area contributed by atoms with Gasteiger partial charge in [-0.3, -0.25) is 9.69 Å². The van der Waals surface area contributed by atoms with Crippen LogP contribution in [0.15, 0.2) is 12.1 Å². The molecular formula is C15H14F3N3O4S2. The van der Waals surface area contributed by atoms with E-state index in [4.69, 9.17) is 14.2 Å². The van der Waals surface area contributed by atoms with Crippen LogP contribution in [0.1, 0.15) is 15.9 Å². The summed E-state index contributed by atoms with van der Waals surface area (Å²) in [5.41, 5.74) is 0.551. The number of thioether (sulfide) groups is 1. The van der Waals surface area contributed by atoms with Gasteiger partial charge in [0.05, 0.1) is 27.1 Å². The van der Waals surface area contributed by atoms with Gasteiger partial charge in [-0.2, -0.15) is 13.2 Å². The van der Waals surface area contributed by atoms with E-state index < -0.39 is 16.6 Å². The molecule has 0 aliphatic carbocycles. The fourth-order valence-corrected chi connectivity index (χ4v) is 4.60. The summed E-state index contributed by atoms with van der Waals surface area (Å²) in [6.45, 7) is 0. The molecule has 0 radical (unpaired) electrons. The molecule has 1 aliphatic heterocycles. The first-order chi connectivity index (χ1) is 12.8. The lowest BCUT2D eigenvalue weighted by molar-refractivity contribution is -0.138. The van der Waals surface area contributed by atoms with E-state index in [1.54, 1.807) is 12.1 Å². The van der Waals surface area contributed by atoms with Crippen molar-refractivity contribution >= 4 is 34.1 Å². The molecule has 1 fully saturated rings. The average Bonchev–Trinajstić information content (AvgIpc) is 3.26. The molecular weight excluding hydrogens is 407 g/mol. The van der Waals surface area contributed by atoms with E-state index in [-0.39, 0.29) is 16.8 Å². The molecule has 12 heteroatoms. The van der Waals surface area contributed by atoms with E-state index in [0.29, 0.717) is 34.1 Å². The third-order valence-corrected chi connectivity index (χ3v) is 5.89. The van der Waals surface area contributed by atoms with Crippen molar-refractivity contribution in [3.8, 4) is 17.2 Å². The van der Waals surface area contributed by atoms with E-state index >= 15 is 0 Å². The fraction of sp³-hybridized carbons (Fsp3) is 0.400. The number of benzene rings is 1. The van der Waals surface area contributed by atoms with Crippen molar-refractivity contribution in [3.05, 3.63) is 22.7 Å². The van der Waals surface area contributed by atoms with Crippen LogP contribution in [0.4, 0.5) is 18.3 Å². The number of amides is 1. The second-order valence-corrected chi connectivity index (χ2v) is 7.26. The Labute approximate surface area is 160 Å². The molecule has 1 unspecified atom stereocenters. The normalized spacial score (nSPS) is 17.3. The molecule has 1 aromatic heterocycles. The van der Waals surface area contributed by atoms with Gasteiger partial charge >= 0.3 is 6.18 Å². The predicted molar refractivity (Wildman–Crippen MR) is 93.7 cm³/mol. The van der Waals surface area contributed by atoms with Crippen molar-refractivity contribution in [2.24, 2.45) is 0 Å². The number of carbonyl (C=O) groups excluding carboxylic acids is 1. The molecule has 7 nitrogen and oxygen atoms in total. The van der Waals surface area contributed by atoms with Gasteiger partial charge in [0, 0.05) is 5.56 Å². The Bertz CT molecular complexity index is 859. The lowest BCUT2D eigenvalue weighted by Crippen LogP contribution is -2.28. The Balaban J connectivity index is 2.06. The van der Waals surface area contributed by atoms with Crippen LogP contribution in [0.5, 0.6) is 17.2 Å². The molecule has 1 aromatic carbocycles. The van der Waals surface area contributed by atoms with Gasteiger partial charge < -0.3 is 14.2 Å². The third kappa shape index (κ3) is 3.50. The molecule has 1 atom stereocenters. The van der Waals surface area contributed by atoms with Gasteiger partial charge in [-0.25, -0.2) is 0 Å². The minimum atomic E-state index is -4.62. The Morgan fingerprint density at radius 3 is 2.37 bits per heavy atom. The van der Waals surface area contributed by atoms with E-state index in [9.17, 15) is 18.0 Å². The maximum atomic E-state index is 12.9. The summed E-state index contributed by atoms with van der Waals surface area (Å²) in [7, 11) is 4.34. The summed E-state index contributed by atoms with van der Waals surface area (Å²) in [6, 6.07) is 3.31. The van der Waals surface area contributed by atoms with Crippen molar-refractivity contribution in [1.29, 1.82) is 0 Å². The van der Waals surface area contributed by atoms with Crippen molar-refractivity contribution in [2.45, 2.75) is 11.6 Å². The van der Waals surface area contributed by atoms with Gasteiger partial charge in [0.1, 0.15) is 5.37 Å². The number of alkyl halides is 3. The first-order valence-electron chi connectivity index (χ1n) is 7.45. The lowest BCUT2D eigenvalue weighted by Gasteiger charge is -2.24. The zero-order valence-electron chi connectivity index (χ0n) is 14.4. The molecule has 1 amide bonds. The molecule has 0 spiro atoms. The number of methoxy groups -OCH3 is 3. The van der Waals surface area contributed by atoms with Gasteiger partial charge in [-0.15, -0.1) is 22.0 Å². The first kappa shape index (κ1) is 19.5. The first-order valence-corrected chi connectivity index (χ1v) is 9.31. The van der Waals surface area contributed by atoms with Gasteiger partial charge in [0.15, 0.2) is 11.5 Å². The van der Waals surface area contributed by atoms with Crippen LogP contribution in [0.25, 0.3) is 0 Å². The number of rotatable bonds is 5. The number of hydrogen-bond donors (Lipinski definition) is 0. The summed E-state index contributed by atoms with van der Waals surface area (Å²) in [5, 5.41) is 4.85. The van der Waals surface area contributed by atoms with Gasteiger partial charge in [0.25, 0.3) is 0 Å². The highest BCUT2D eigenvalue weighted by Gasteiger charge is 2.42. The Morgan fingerprint density at radius 1 is 1.11 bits per heavy atom. The maximum absolute atomic E-state index is 12.9. The minimum Gasteiger partial charge on any atom is -0.493 e. The van der Waals surface area contributed by atoms with Gasteiger partial charge in [-0.1, -0.05) is 11.3 Å². The zero-order chi connectivity index (χ0) is 19.8. The summed E-state index contributed by atoms with van der Waals surface area (Å²) in [5.74, 6) is 0.796. The Morgan fingerprint density at radius 2 is 1.81 bits per heavy atom. The van der Waals surface area contributed by atoms with E-state index in [2.05, 4.69) is 10.2 Å². The third-order valence-electron chi connectivity index (χ3n) is 3.73. The van der Waals surface area contributed by atoms with E-state index in [1.165, 1.54) is 38.0 Å². The van der Waals surface area contributed by atoms with Crippen LogP contribution in [0.3, 0.4) is 0 Å². The summed E-state index contributed by atoms with van der Waals surface area (Å²) in [6.07, 6.45) is -4.62. The topological polar surface area (TPSA) is 73.8 Å². The summed E-state index contributed by atoms with van der Waals surface area (Å²) in [4.78, 5) is 13.6. The molecule has 0 saturated carbocycles. The monoisotopic (exact) mass is 421 g/mol. The predicted octanol–water partition coefficient (Wildman–Crippen LogP) is 3.36. The van der Waals surface area contributed by atoms with Crippen molar-refractivity contribution in [2.75, 3.05) is 32.0 Å². The highest BCUT2D eigenvalue weighted by atomic mass is 32.2. The Hall–Kier alpha value is -2.21. The van der Waals surface area contributed by atoms with Crippen molar-refractivity contribution < 1.29 is 32.2 Å². The van der Waals surface area contributed by atoms with Crippen LogP contribution >= 0.6 is 23.1 Å². The van der Waals surface area contributed by atoms with Crippen LogP contribution in [0.2, 0.25) is 0 Å². The molecule has 146 valence electrons. The zero-order valence-corrected chi connectivity index (χ0v) is 16.0. The van der Waals surface area contributed by atoms with Crippen molar-refractivity contribution in [1.82, 2.24) is 10.2 Å². The fourth-order valence-electron chi connectivity index (χ4n) is 2.61. The number of nitrogens with zero attached hydrogens (tertiary/aromatic N) is 3. The quantitative estimate of drug-likeness (QED) is 0.733. The number of ether oxygens (including phenoxy) is 3. The van der Waals surface area contributed by atoms with Crippen molar-refractivity contribution in [3.63, 3.8) is 0 Å². The number of anilines is 1. The SMILES string of the molecule is COc1ccc(C2SCC(=O)N2c2nnc(C(F)(F)F)s2)c(OC)c1OC. The second-order valence-electron chi connectivity index (χ2n) is 5.24. The molecule has 0 N–H and O–H groups in total. The molecule has 27 heavy (non-hydrogen) atoms. The highest BCUT2D eigenvalue weighted by Crippen LogP contribution is 2.50. The van der Waals surface area contributed by atoms with Crippen LogP contribution in [-0.2, 0) is 11.0 Å². The lowest BCUT2D eigenvalue weighted by atomic mass is 10.1. The highest BCUT2D eigenvalue weighted by molar-refractivity contribution is 8.00. The van der Waals surface area contributed by atoms with E-state index in [0.717, 1.165) is 0 Å². The molecule has 1 saturated heterocycles. The van der Waals surface area contributed by atoms with Gasteiger partial charge in [0.2, 0.25) is 21.8 Å². The maximum Gasteiger partial charge on any atom is 0.445 e. The molecule has 2 aromatic rings. The smallest absolute Gasteiger partial charge is 0.445 e. The molecule has 0 bridgehead atoms. The van der Waals surface area contributed by atoms with Crippen LogP contribution in [0, 0.1) is 0 Å². The number of aromatic nitrogens is 2. The molecule has 1 aliphatic rings. The second kappa shape index (κ2) is 7.43. The standard InChI is InChI=1S/C15H14F3N3O4S2/c1-23-8-5-4-7(10(24-2)11(8)25-3)12-21(9(22)6-26-12)14-20-19-13(27-14)15(16,17)18/h4-5,12H,6H2,1-3H3. The van der Waals surface area contributed by atoms with E-state index in [1.807, 2.05) is 0 Å². The summed E-state index contributed by atoms with van der Waals surface area (Å²) >= 11 is 1.56. The number of hydrogen-bond acceptors (Lipinski definition) is 8. The molecule has 3 rings (SSSR count). The van der Waals surface area contributed by atoms with Crippen LogP contribution in [-0.4, -0.2) is 43.2 Å². The van der Waals surface area contributed by atoms with Crippen LogP contribution < -0.4 is 19.1 Å².